The van der Waals surface area contributed by atoms with Gasteiger partial charge in [-0.25, -0.2) is 0 Å². The highest BCUT2D eigenvalue weighted by Gasteiger charge is 2.00. The van der Waals surface area contributed by atoms with Crippen LogP contribution in [0.15, 0.2) is 0 Å². The zero-order valence-corrected chi connectivity index (χ0v) is 7.65. The molecule has 6 nitrogen and oxygen atoms in total. The van der Waals surface area contributed by atoms with Gasteiger partial charge in [0.1, 0.15) is 6.23 Å². The minimum absolute atomic E-state index is 0.296. The number of hydrogen-bond donors (Lipinski definition) is 4. The molecule has 0 fully saturated rings. The van der Waals surface area contributed by atoms with Crippen molar-refractivity contribution >= 4 is 11.9 Å². The van der Waals surface area contributed by atoms with Crippen molar-refractivity contribution in [2.24, 2.45) is 0 Å². The first-order chi connectivity index (χ1) is 5.90. The number of aliphatic carboxylic acids is 2. The van der Waals surface area contributed by atoms with Crippen LogP contribution < -0.4 is 5.32 Å². The smallest absolute Gasteiger partial charge is 0.303 e. The molecule has 4 N–H and O–H groups in total. The number of nitrogens with one attached hydrogen (secondary N) is 1. The summed E-state index contributed by atoms with van der Waals surface area (Å²) in [5, 5.41) is 26.6. The van der Waals surface area contributed by atoms with Crippen LogP contribution in [0.1, 0.15) is 19.8 Å². The maximum atomic E-state index is 9.64. The average molecular weight is 193 g/mol. The molecule has 1 unspecified atom stereocenters. The molecule has 0 aromatic heterocycles. The molecule has 0 radical (unpaired) electrons. The lowest BCUT2D eigenvalue weighted by molar-refractivity contribution is -0.143. The van der Waals surface area contributed by atoms with Gasteiger partial charge in [-0.1, -0.05) is 0 Å². The highest BCUT2D eigenvalue weighted by atomic mass is 16.4. The third-order valence-corrected chi connectivity index (χ3v) is 0.971. The van der Waals surface area contributed by atoms with Crippen LogP contribution in [0.2, 0.25) is 0 Å². The van der Waals surface area contributed by atoms with E-state index in [-0.39, 0.29) is 19.1 Å². The minimum atomic E-state index is -1.08. The van der Waals surface area contributed by atoms with Crippen molar-refractivity contribution in [3.63, 3.8) is 0 Å². The zero-order valence-electron chi connectivity index (χ0n) is 7.65. The normalized spacial score (nSPS) is 11.0. The summed E-state index contributed by atoms with van der Waals surface area (Å²) in [6.07, 6.45) is -0.958. The van der Waals surface area contributed by atoms with Gasteiger partial charge in [0, 0.05) is 0 Å². The second-order valence-corrected chi connectivity index (χ2v) is 2.25. The van der Waals surface area contributed by atoms with E-state index < -0.39 is 11.9 Å². The summed E-state index contributed by atoms with van der Waals surface area (Å²) in [5.74, 6) is -2.15. The van der Waals surface area contributed by atoms with Crippen LogP contribution in [0.4, 0.5) is 0 Å². The summed E-state index contributed by atoms with van der Waals surface area (Å²) in [6, 6.07) is 0. The Hall–Kier alpha value is -1.14. The van der Waals surface area contributed by atoms with Gasteiger partial charge in [0.05, 0.1) is 12.8 Å². The summed E-state index contributed by atoms with van der Waals surface area (Å²) in [7, 11) is 1.70. The Kier molecular flexibility index (Phi) is 9.91. The van der Waals surface area contributed by atoms with Crippen LogP contribution in [-0.4, -0.2) is 40.5 Å². The molecular weight excluding hydrogens is 178 g/mol. The molecule has 13 heavy (non-hydrogen) atoms. The van der Waals surface area contributed by atoms with Crippen LogP contribution in [0.5, 0.6) is 0 Å². The quantitative estimate of drug-likeness (QED) is 0.447. The van der Waals surface area contributed by atoms with Crippen molar-refractivity contribution in [1.82, 2.24) is 5.32 Å². The topological polar surface area (TPSA) is 107 Å². The number of aliphatic hydroxyl groups is 1. The lowest BCUT2D eigenvalue weighted by Crippen LogP contribution is -2.19. The molecule has 0 aliphatic heterocycles. The minimum Gasteiger partial charge on any atom is -0.481 e. The number of aliphatic hydroxyl groups excluding tert-OH is 1. The SMILES string of the molecule is CNC(C)O.O=C(O)CCC(=O)O. The Morgan fingerprint density at radius 2 is 1.46 bits per heavy atom. The van der Waals surface area contributed by atoms with Crippen LogP contribution in [-0.2, 0) is 9.59 Å². The van der Waals surface area contributed by atoms with E-state index in [4.69, 9.17) is 15.3 Å². The fourth-order valence-corrected chi connectivity index (χ4v) is 0.214. The maximum absolute atomic E-state index is 9.64. The second kappa shape index (κ2) is 8.95. The van der Waals surface area contributed by atoms with E-state index in [1.165, 1.54) is 0 Å². The van der Waals surface area contributed by atoms with Gasteiger partial charge >= 0.3 is 11.9 Å². The van der Waals surface area contributed by atoms with Crippen molar-refractivity contribution in [2.45, 2.75) is 26.0 Å². The molecule has 0 saturated carbocycles. The largest absolute Gasteiger partial charge is 0.481 e. The predicted octanol–water partition coefficient (Wildman–Crippen LogP) is -0.520. The molecule has 1 atom stereocenters. The van der Waals surface area contributed by atoms with Gasteiger partial charge in [0.2, 0.25) is 0 Å². The predicted molar refractivity (Wildman–Crippen MR) is 45.2 cm³/mol. The number of rotatable bonds is 4. The molecule has 0 bridgehead atoms. The van der Waals surface area contributed by atoms with Crippen LogP contribution in [0, 0.1) is 0 Å². The summed E-state index contributed by atoms with van der Waals surface area (Å²) >= 11 is 0. The third kappa shape index (κ3) is 24.8. The third-order valence-electron chi connectivity index (χ3n) is 0.971. The fraction of sp³-hybridized carbons (Fsp3) is 0.714. The van der Waals surface area contributed by atoms with Gasteiger partial charge in [-0.3, -0.25) is 14.9 Å². The Bertz CT molecular complexity index is 143. The number of hydrogen-bond acceptors (Lipinski definition) is 4. The molecule has 6 heteroatoms. The zero-order chi connectivity index (χ0) is 10.9. The number of carboxylic acids is 2. The highest BCUT2D eigenvalue weighted by Crippen LogP contribution is 1.86. The maximum Gasteiger partial charge on any atom is 0.303 e. The first-order valence-electron chi connectivity index (χ1n) is 3.69. The Morgan fingerprint density at radius 3 is 1.54 bits per heavy atom. The Morgan fingerprint density at radius 1 is 1.23 bits per heavy atom. The molecule has 0 aliphatic rings. The van der Waals surface area contributed by atoms with E-state index in [0.717, 1.165) is 0 Å². The van der Waals surface area contributed by atoms with E-state index in [9.17, 15) is 9.59 Å². The van der Waals surface area contributed by atoms with Crippen LogP contribution >= 0.6 is 0 Å². The van der Waals surface area contributed by atoms with E-state index in [2.05, 4.69) is 5.32 Å². The first kappa shape index (κ1) is 14.4. The van der Waals surface area contributed by atoms with Crippen LogP contribution in [0.3, 0.4) is 0 Å². The van der Waals surface area contributed by atoms with Gasteiger partial charge in [0.15, 0.2) is 0 Å². The van der Waals surface area contributed by atoms with E-state index >= 15 is 0 Å². The van der Waals surface area contributed by atoms with Gasteiger partial charge in [-0.15, -0.1) is 0 Å². The summed E-state index contributed by atoms with van der Waals surface area (Å²) in [4.78, 5) is 19.3. The van der Waals surface area contributed by atoms with E-state index in [0.29, 0.717) is 0 Å². The van der Waals surface area contributed by atoms with Crippen molar-refractivity contribution in [3.8, 4) is 0 Å². The lowest BCUT2D eigenvalue weighted by Gasteiger charge is -1.94. The molecule has 0 rings (SSSR count). The van der Waals surface area contributed by atoms with Crippen molar-refractivity contribution in [1.29, 1.82) is 0 Å². The number of carboxylic acid groups (broad SMARTS) is 2. The average Bonchev–Trinajstić information content (AvgIpc) is 2.02. The highest BCUT2D eigenvalue weighted by molar-refractivity contribution is 5.75. The molecule has 0 heterocycles. The monoisotopic (exact) mass is 193 g/mol. The molecule has 0 aliphatic carbocycles. The molecular formula is C7H15NO5. The van der Waals surface area contributed by atoms with Crippen LogP contribution in [0.25, 0.3) is 0 Å². The molecule has 0 saturated heterocycles. The lowest BCUT2D eigenvalue weighted by atomic mass is 10.3. The molecule has 0 aromatic rings. The van der Waals surface area contributed by atoms with Crippen molar-refractivity contribution < 1.29 is 24.9 Å². The molecule has 78 valence electrons. The van der Waals surface area contributed by atoms with Gasteiger partial charge in [0.25, 0.3) is 0 Å². The van der Waals surface area contributed by atoms with Crippen molar-refractivity contribution in [3.05, 3.63) is 0 Å². The van der Waals surface area contributed by atoms with E-state index in [1.54, 1.807) is 14.0 Å². The molecule has 0 aromatic carbocycles. The fourth-order valence-electron chi connectivity index (χ4n) is 0.214. The molecule has 0 amide bonds. The van der Waals surface area contributed by atoms with Crippen molar-refractivity contribution in [2.75, 3.05) is 7.05 Å². The molecule has 0 spiro atoms. The summed E-state index contributed by atoms with van der Waals surface area (Å²) in [6.45, 7) is 1.67. The standard InChI is InChI=1S/C4H6O4.C3H9NO/c5-3(6)1-2-4(7)8;1-3(5)4-2/h1-2H2,(H,5,6)(H,7,8);3-5H,1-2H3. The number of carbonyl (C=O) groups is 2. The van der Waals surface area contributed by atoms with E-state index in [1.807, 2.05) is 0 Å². The van der Waals surface area contributed by atoms with Gasteiger partial charge in [-0.2, -0.15) is 0 Å². The summed E-state index contributed by atoms with van der Waals surface area (Å²) < 4.78 is 0. The first-order valence-corrected chi connectivity index (χ1v) is 3.69. The van der Waals surface area contributed by atoms with Gasteiger partial charge in [-0.05, 0) is 14.0 Å². The summed E-state index contributed by atoms with van der Waals surface area (Å²) in [5.41, 5.74) is 0. The second-order valence-electron chi connectivity index (χ2n) is 2.25. The Labute approximate surface area is 76.2 Å². The Balaban J connectivity index is 0. The van der Waals surface area contributed by atoms with Gasteiger partial charge < -0.3 is 15.3 Å².